The van der Waals surface area contributed by atoms with Crippen molar-refractivity contribution in [3.8, 4) is 0 Å². The Morgan fingerprint density at radius 1 is 1.22 bits per heavy atom. The number of aromatic nitrogens is 1. The molecular formula is C15H20N2O. The highest BCUT2D eigenvalue weighted by Gasteiger charge is 2.12. The molecule has 1 heterocycles. The van der Waals surface area contributed by atoms with Gasteiger partial charge in [-0.25, -0.2) is 0 Å². The maximum Gasteiger partial charge on any atom is 0.253 e. The normalized spacial score (nSPS) is 11.2. The molecule has 0 spiro atoms. The Morgan fingerprint density at radius 3 is 2.44 bits per heavy atom. The summed E-state index contributed by atoms with van der Waals surface area (Å²) in [5.41, 5.74) is 3.21. The second kappa shape index (κ2) is 4.48. The van der Waals surface area contributed by atoms with Crippen molar-refractivity contribution < 1.29 is 4.79 Å². The highest BCUT2D eigenvalue weighted by Crippen LogP contribution is 2.25. The van der Waals surface area contributed by atoms with Crippen molar-refractivity contribution in [2.24, 2.45) is 7.05 Å². The largest absolute Gasteiger partial charge is 0.347 e. The molecule has 0 saturated carbocycles. The zero-order chi connectivity index (χ0) is 13.4. The summed E-state index contributed by atoms with van der Waals surface area (Å²) >= 11 is 0. The maximum absolute atomic E-state index is 11.9. The summed E-state index contributed by atoms with van der Waals surface area (Å²) in [4.78, 5) is 13.5. The van der Waals surface area contributed by atoms with Gasteiger partial charge in [0.15, 0.2) is 0 Å². The van der Waals surface area contributed by atoms with Gasteiger partial charge in [-0.2, -0.15) is 0 Å². The van der Waals surface area contributed by atoms with Gasteiger partial charge >= 0.3 is 0 Å². The van der Waals surface area contributed by atoms with Crippen LogP contribution in [0.4, 0.5) is 0 Å². The first kappa shape index (κ1) is 12.7. The van der Waals surface area contributed by atoms with E-state index in [9.17, 15) is 4.79 Å². The molecule has 0 N–H and O–H groups in total. The quantitative estimate of drug-likeness (QED) is 0.797. The second-order valence-corrected chi connectivity index (χ2v) is 5.26. The minimum absolute atomic E-state index is 0.0480. The van der Waals surface area contributed by atoms with Crippen molar-refractivity contribution in [2.45, 2.75) is 19.8 Å². The van der Waals surface area contributed by atoms with Crippen LogP contribution in [-0.4, -0.2) is 29.5 Å². The van der Waals surface area contributed by atoms with Crippen molar-refractivity contribution >= 4 is 16.8 Å². The van der Waals surface area contributed by atoms with Crippen LogP contribution in [0.2, 0.25) is 0 Å². The zero-order valence-corrected chi connectivity index (χ0v) is 11.7. The van der Waals surface area contributed by atoms with Gasteiger partial charge in [0.2, 0.25) is 0 Å². The number of fused-ring (bicyclic) bond motifs is 1. The van der Waals surface area contributed by atoms with Gasteiger partial charge in [0.25, 0.3) is 5.91 Å². The fraction of sp³-hybridized carbons (Fsp3) is 0.400. The fourth-order valence-corrected chi connectivity index (χ4v) is 2.32. The number of hydrogen-bond acceptors (Lipinski definition) is 1. The number of benzene rings is 1. The number of aryl methyl sites for hydroxylation is 1. The van der Waals surface area contributed by atoms with E-state index in [1.807, 2.05) is 18.2 Å². The third kappa shape index (κ3) is 2.01. The average Bonchev–Trinajstić information content (AvgIpc) is 2.65. The Hall–Kier alpha value is -1.77. The van der Waals surface area contributed by atoms with E-state index in [0.717, 1.165) is 10.9 Å². The minimum atomic E-state index is 0.0480. The molecular weight excluding hydrogens is 224 g/mol. The molecule has 0 saturated heterocycles. The van der Waals surface area contributed by atoms with E-state index in [-0.39, 0.29) is 5.91 Å². The number of hydrogen-bond donors (Lipinski definition) is 0. The van der Waals surface area contributed by atoms with Crippen LogP contribution in [0.1, 0.15) is 35.8 Å². The third-order valence-corrected chi connectivity index (χ3v) is 3.32. The SMILES string of the molecule is CC(C)c1cc2cc(C(=O)N(C)C)ccc2n1C. The van der Waals surface area contributed by atoms with Crippen molar-refractivity contribution in [3.63, 3.8) is 0 Å². The number of nitrogens with zero attached hydrogens (tertiary/aromatic N) is 2. The summed E-state index contributed by atoms with van der Waals surface area (Å²) in [7, 11) is 5.62. The summed E-state index contributed by atoms with van der Waals surface area (Å²) in [6, 6.07) is 8.07. The van der Waals surface area contributed by atoms with E-state index in [4.69, 9.17) is 0 Å². The van der Waals surface area contributed by atoms with E-state index in [1.54, 1.807) is 19.0 Å². The van der Waals surface area contributed by atoms with Gasteiger partial charge in [-0.3, -0.25) is 4.79 Å². The van der Waals surface area contributed by atoms with Crippen LogP contribution in [0.15, 0.2) is 24.3 Å². The van der Waals surface area contributed by atoms with E-state index in [1.165, 1.54) is 11.2 Å². The molecule has 0 aliphatic heterocycles. The maximum atomic E-state index is 11.9. The molecule has 3 heteroatoms. The molecule has 96 valence electrons. The van der Waals surface area contributed by atoms with E-state index < -0.39 is 0 Å². The molecule has 3 nitrogen and oxygen atoms in total. The van der Waals surface area contributed by atoms with E-state index in [0.29, 0.717) is 5.92 Å². The van der Waals surface area contributed by atoms with Gasteiger partial charge in [0, 0.05) is 43.3 Å². The standard InChI is InChI=1S/C15H20N2O/c1-10(2)14-9-12-8-11(15(18)16(3)4)6-7-13(12)17(14)5/h6-10H,1-5H3. The highest BCUT2D eigenvalue weighted by atomic mass is 16.2. The molecule has 0 bridgehead atoms. The van der Waals surface area contributed by atoms with E-state index >= 15 is 0 Å². The van der Waals surface area contributed by atoms with Crippen LogP contribution in [0.5, 0.6) is 0 Å². The summed E-state index contributed by atoms with van der Waals surface area (Å²) in [5, 5.41) is 1.13. The average molecular weight is 244 g/mol. The molecule has 0 radical (unpaired) electrons. The van der Waals surface area contributed by atoms with E-state index in [2.05, 4.69) is 31.5 Å². The molecule has 1 aromatic heterocycles. The third-order valence-electron chi connectivity index (χ3n) is 3.32. The number of rotatable bonds is 2. The highest BCUT2D eigenvalue weighted by molar-refractivity contribution is 5.98. The van der Waals surface area contributed by atoms with Crippen molar-refractivity contribution in [3.05, 3.63) is 35.5 Å². The van der Waals surface area contributed by atoms with Crippen molar-refractivity contribution in [2.75, 3.05) is 14.1 Å². The predicted molar refractivity (Wildman–Crippen MR) is 75.0 cm³/mol. The Balaban J connectivity index is 2.56. The molecule has 2 aromatic rings. The predicted octanol–water partition coefficient (Wildman–Crippen LogP) is 3.00. The molecule has 1 aromatic carbocycles. The van der Waals surface area contributed by atoms with Crippen LogP contribution in [0.25, 0.3) is 10.9 Å². The summed E-state index contributed by atoms with van der Waals surface area (Å²) in [6.07, 6.45) is 0. The molecule has 1 amide bonds. The smallest absolute Gasteiger partial charge is 0.253 e. The minimum Gasteiger partial charge on any atom is -0.347 e. The molecule has 0 unspecified atom stereocenters. The first-order chi connectivity index (χ1) is 8.41. The first-order valence-electron chi connectivity index (χ1n) is 6.23. The van der Waals surface area contributed by atoms with Crippen LogP contribution < -0.4 is 0 Å². The Labute approximate surface area is 108 Å². The van der Waals surface area contributed by atoms with Gasteiger partial charge in [-0.1, -0.05) is 13.8 Å². The number of amides is 1. The molecule has 0 aliphatic rings. The molecule has 0 fully saturated rings. The number of carbonyl (C=O) groups is 1. The lowest BCUT2D eigenvalue weighted by Gasteiger charge is -2.10. The molecule has 2 rings (SSSR count). The van der Waals surface area contributed by atoms with Crippen LogP contribution in [0.3, 0.4) is 0 Å². The Morgan fingerprint density at radius 2 is 1.89 bits per heavy atom. The lowest BCUT2D eigenvalue weighted by molar-refractivity contribution is 0.0828. The monoisotopic (exact) mass is 244 g/mol. The lowest BCUT2D eigenvalue weighted by atomic mass is 10.1. The van der Waals surface area contributed by atoms with Gasteiger partial charge in [-0.05, 0) is 30.2 Å². The first-order valence-corrected chi connectivity index (χ1v) is 6.23. The summed E-state index contributed by atoms with van der Waals surface area (Å²) < 4.78 is 2.20. The van der Waals surface area contributed by atoms with Crippen LogP contribution in [0, 0.1) is 0 Å². The van der Waals surface area contributed by atoms with Gasteiger partial charge in [-0.15, -0.1) is 0 Å². The fourth-order valence-electron chi connectivity index (χ4n) is 2.32. The summed E-state index contributed by atoms with van der Waals surface area (Å²) in [6.45, 7) is 4.36. The molecule has 0 aliphatic carbocycles. The van der Waals surface area contributed by atoms with Crippen molar-refractivity contribution in [1.29, 1.82) is 0 Å². The molecule has 18 heavy (non-hydrogen) atoms. The zero-order valence-electron chi connectivity index (χ0n) is 11.7. The van der Waals surface area contributed by atoms with Crippen molar-refractivity contribution in [1.82, 2.24) is 9.47 Å². The second-order valence-electron chi connectivity index (χ2n) is 5.26. The Bertz CT molecular complexity index is 594. The van der Waals surface area contributed by atoms with Gasteiger partial charge in [0.1, 0.15) is 0 Å². The van der Waals surface area contributed by atoms with Crippen LogP contribution in [-0.2, 0) is 7.05 Å². The van der Waals surface area contributed by atoms with Gasteiger partial charge in [0.05, 0.1) is 0 Å². The lowest BCUT2D eigenvalue weighted by Crippen LogP contribution is -2.21. The molecule has 0 atom stereocenters. The topological polar surface area (TPSA) is 25.2 Å². The summed E-state index contributed by atoms with van der Waals surface area (Å²) in [5.74, 6) is 0.530. The van der Waals surface area contributed by atoms with Crippen LogP contribution >= 0.6 is 0 Å². The van der Waals surface area contributed by atoms with Gasteiger partial charge < -0.3 is 9.47 Å². The Kier molecular flexibility index (Phi) is 3.16. The number of carbonyl (C=O) groups excluding carboxylic acids is 1.